The number of hydrogen-bond acceptors (Lipinski definition) is 3. The molecule has 0 saturated heterocycles. The lowest BCUT2D eigenvalue weighted by molar-refractivity contribution is 0.0624. The lowest BCUT2D eigenvalue weighted by Crippen LogP contribution is -2.42. The number of amides is 1. The summed E-state index contributed by atoms with van der Waals surface area (Å²) in [6.07, 6.45) is 2.00. The summed E-state index contributed by atoms with van der Waals surface area (Å²) >= 11 is 0. The Morgan fingerprint density at radius 1 is 1.19 bits per heavy atom. The highest BCUT2D eigenvalue weighted by Crippen LogP contribution is 2.33. The first-order valence-corrected chi connectivity index (χ1v) is 8.46. The number of benzene rings is 1. The second-order valence-corrected chi connectivity index (χ2v) is 6.28. The molecule has 0 aliphatic carbocycles. The monoisotopic (exact) mass is 354 g/mol. The van der Waals surface area contributed by atoms with Crippen molar-refractivity contribution in [2.75, 3.05) is 13.7 Å². The predicted molar refractivity (Wildman–Crippen MR) is 93.1 cm³/mol. The number of nitrogens with zero attached hydrogens (tertiary/aromatic N) is 2. The minimum absolute atomic E-state index is 0.186. The molecular weight excluding hydrogens is 335 g/mol. The van der Waals surface area contributed by atoms with Crippen molar-refractivity contribution in [2.45, 2.75) is 19.2 Å². The maximum Gasteiger partial charge on any atom is 0.290 e. The zero-order chi connectivity index (χ0) is 18.1. The molecule has 0 saturated carbocycles. The zero-order valence-electron chi connectivity index (χ0n) is 14.4. The highest BCUT2D eigenvalue weighted by atomic mass is 19.1. The number of carbonyl (C=O) groups excluding carboxylic acids is 1. The summed E-state index contributed by atoms with van der Waals surface area (Å²) in [6.45, 7) is 1.57. The molecule has 6 heteroatoms. The molecular formula is C20H19FN2O3. The molecule has 0 N–H and O–H groups in total. The second-order valence-electron chi connectivity index (χ2n) is 6.28. The van der Waals surface area contributed by atoms with E-state index in [1.54, 1.807) is 36.3 Å². The fourth-order valence-electron chi connectivity index (χ4n) is 3.45. The van der Waals surface area contributed by atoms with E-state index in [9.17, 15) is 9.18 Å². The van der Waals surface area contributed by atoms with Crippen LogP contribution in [0.15, 0.2) is 59.1 Å². The highest BCUT2D eigenvalue weighted by Gasteiger charge is 2.33. The van der Waals surface area contributed by atoms with Gasteiger partial charge in [-0.15, -0.1) is 0 Å². The lowest BCUT2D eigenvalue weighted by atomic mass is 9.99. The van der Waals surface area contributed by atoms with Gasteiger partial charge in [0.25, 0.3) is 5.91 Å². The fraction of sp³-hybridized carbons (Fsp3) is 0.250. The Kier molecular flexibility index (Phi) is 4.34. The first-order chi connectivity index (χ1) is 12.7. The Bertz CT molecular complexity index is 913. The third kappa shape index (κ3) is 2.93. The molecule has 1 aliphatic heterocycles. The summed E-state index contributed by atoms with van der Waals surface area (Å²) in [4.78, 5) is 14.9. The molecule has 5 nitrogen and oxygen atoms in total. The molecule has 0 spiro atoms. The molecule has 1 aliphatic rings. The summed E-state index contributed by atoms with van der Waals surface area (Å²) < 4.78 is 26.2. The van der Waals surface area contributed by atoms with E-state index in [0.29, 0.717) is 25.5 Å². The van der Waals surface area contributed by atoms with Crippen LogP contribution in [0.2, 0.25) is 0 Å². The van der Waals surface area contributed by atoms with E-state index in [2.05, 4.69) is 4.57 Å². The zero-order valence-corrected chi connectivity index (χ0v) is 14.4. The Hall–Kier alpha value is -2.86. The van der Waals surface area contributed by atoms with Gasteiger partial charge in [0, 0.05) is 32.1 Å². The van der Waals surface area contributed by atoms with Gasteiger partial charge in [0.2, 0.25) is 0 Å². The molecule has 1 atom stereocenters. The molecule has 0 fully saturated rings. The first-order valence-electron chi connectivity index (χ1n) is 8.46. The fourth-order valence-corrected chi connectivity index (χ4v) is 3.45. The van der Waals surface area contributed by atoms with Gasteiger partial charge in [-0.1, -0.05) is 12.1 Å². The average molecular weight is 354 g/mol. The SMILES string of the molecule is COCc1ccc(C(=O)N2CCn3cccc3C2c2ccc(F)cc2)o1. The van der Waals surface area contributed by atoms with E-state index >= 15 is 0 Å². The molecule has 3 heterocycles. The summed E-state index contributed by atoms with van der Waals surface area (Å²) in [5.74, 6) is 0.404. The van der Waals surface area contributed by atoms with Crippen LogP contribution in [-0.2, 0) is 17.9 Å². The van der Waals surface area contributed by atoms with Crippen molar-refractivity contribution in [3.63, 3.8) is 0 Å². The summed E-state index contributed by atoms with van der Waals surface area (Å²) in [7, 11) is 1.58. The van der Waals surface area contributed by atoms with Crippen LogP contribution in [0.1, 0.15) is 33.6 Å². The number of aromatic nitrogens is 1. The van der Waals surface area contributed by atoms with Crippen LogP contribution in [0, 0.1) is 5.82 Å². The lowest BCUT2D eigenvalue weighted by Gasteiger charge is -2.37. The Morgan fingerprint density at radius 2 is 2.00 bits per heavy atom. The van der Waals surface area contributed by atoms with Gasteiger partial charge in [-0.3, -0.25) is 4.79 Å². The number of carbonyl (C=O) groups is 1. The van der Waals surface area contributed by atoms with E-state index < -0.39 is 0 Å². The average Bonchev–Trinajstić information content (AvgIpc) is 3.30. The topological polar surface area (TPSA) is 47.6 Å². The minimum atomic E-state index is -0.298. The Balaban J connectivity index is 1.71. The normalized spacial score (nSPS) is 16.5. The molecule has 1 aromatic carbocycles. The number of methoxy groups -OCH3 is 1. The van der Waals surface area contributed by atoms with E-state index in [-0.39, 0.29) is 23.5 Å². The van der Waals surface area contributed by atoms with Crippen LogP contribution in [0.3, 0.4) is 0 Å². The number of halogens is 1. The van der Waals surface area contributed by atoms with E-state index in [1.807, 2.05) is 18.3 Å². The second kappa shape index (κ2) is 6.80. The predicted octanol–water partition coefficient (Wildman–Crippen LogP) is 3.61. The summed E-state index contributed by atoms with van der Waals surface area (Å²) in [5, 5.41) is 0. The molecule has 0 radical (unpaired) electrons. The van der Waals surface area contributed by atoms with Crippen molar-refractivity contribution in [2.24, 2.45) is 0 Å². The van der Waals surface area contributed by atoms with Gasteiger partial charge < -0.3 is 18.6 Å². The number of rotatable bonds is 4. The number of fused-ring (bicyclic) bond motifs is 1. The molecule has 1 unspecified atom stereocenters. The smallest absolute Gasteiger partial charge is 0.290 e. The largest absolute Gasteiger partial charge is 0.453 e. The van der Waals surface area contributed by atoms with Crippen molar-refractivity contribution < 1.29 is 18.3 Å². The van der Waals surface area contributed by atoms with E-state index in [4.69, 9.17) is 9.15 Å². The van der Waals surface area contributed by atoms with Crippen LogP contribution in [0.5, 0.6) is 0 Å². The van der Waals surface area contributed by atoms with Crippen molar-refractivity contribution in [1.82, 2.24) is 9.47 Å². The summed E-state index contributed by atoms with van der Waals surface area (Å²) in [5.41, 5.74) is 1.86. The van der Waals surface area contributed by atoms with E-state index in [0.717, 1.165) is 11.3 Å². The highest BCUT2D eigenvalue weighted by molar-refractivity contribution is 5.92. The van der Waals surface area contributed by atoms with Crippen molar-refractivity contribution in [3.05, 3.63) is 83.3 Å². The van der Waals surface area contributed by atoms with Crippen molar-refractivity contribution >= 4 is 5.91 Å². The molecule has 0 bridgehead atoms. The molecule has 3 aromatic rings. The molecule has 26 heavy (non-hydrogen) atoms. The van der Waals surface area contributed by atoms with Gasteiger partial charge in [-0.05, 0) is 42.0 Å². The van der Waals surface area contributed by atoms with Crippen molar-refractivity contribution in [3.8, 4) is 0 Å². The third-order valence-corrected chi connectivity index (χ3v) is 4.64. The van der Waals surface area contributed by atoms with Gasteiger partial charge in [-0.25, -0.2) is 4.39 Å². The van der Waals surface area contributed by atoms with Gasteiger partial charge in [0.1, 0.15) is 18.2 Å². The van der Waals surface area contributed by atoms with Crippen molar-refractivity contribution in [1.29, 1.82) is 0 Å². The molecule has 134 valence electrons. The standard InChI is InChI=1S/C20H19FN2O3/c1-25-13-16-8-9-18(26-16)20(24)23-12-11-22-10-2-3-17(22)19(23)14-4-6-15(21)7-5-14/h2-10,19H,11-13H2,1H3. The van der Waals surface area contributed by atoms with Crippen LogP contribution in [0.4, 0.5) is 4.39 Å². The minimum Gasteiger partial charge on any atom is -0.453 e. The van der Waals surface area contributed by atoms with Gasteiger partial charge >= 0.3 is 0 Å². The third-order valence-electron chi connectivity index (χ3n) is 4.64. The van der Waals surface area contributed by atoms with Crippen LogP contribution in [0.25, 0.3) is 0 Å². The van der Waals surface area contributed by atoms with Gasteiger partial charge in [0.15, 0.2) is 5.76 Å². The van der Waals surface area contributed by atoms with Crippen LogP contribution in [-0.4, -0.2) is 29.0 Å². The maximum atomic E-state index is 13.4. The Labute approximate surface area is 150 Å². The van der Waals surface area contributed by atoms with Crippen LogP contribution >= 0.6 is 0 Å². The quantitative estimate of drug-likeness (QED) is 0.719. The van der Waals surface area contributed by atoms with Crippen LogP contribution < -0.4 is 0 Å². The van der Waals surface area contributed by atoms with E-state index in [1.165, 1.54) is 12.1 Å². The summed E-state index contributed by atoms with van der Waals surface area (Å²) in [6, 6.07) is 13.4. The number of furan rings is 1. The number of hydrogen-bond donors (Lipinski definition) is 0. The number of ether oxygens (including phenoxy) is 1. The molecule has 2 aromatic heterocycles. The first kappa shape index (κ1) is 16.6. The van der Waals surface area contributed by atoms with Gasteiger partial charge in [0.05, 0.1) is 6.04 Å². The molecule has 4 rings (SSSR count). The Morgan fingerprint density at radius 3 is 2.77 bits per heavy atom. The maximum absolute atomic E-state index is 13.4. The van der Waals surface area contributed by atoms with Gasteiger partial charge in [-0.2, -0.15) is 0 Å². The molecule has 1 amide bonds.